The Kier molecular flexibility index (Phi) is 15.1. The van der Waals surface area contributed by atoms with Gasteiger partial charge in [0.25, 0.3) is 0 Å². The van der Waals surface area contributed by atoms with Crippen molar-refractivity contribution in [3.8, 4) is 11.5 Å². The van der Waals surface area contributed by atoms with Crippen LogP contribution in [0.4, 0.5) is 0 Å². The number of hydrogen-bond donors (Lipinski definition) is 2. The van der Waals surface area contributed by atoms with E-state index in [0.717, 1.165) is 35.6 Å². The highest BCUT2D eigenvalue weighted by molar-refractivity contribution is 5.94. The molecule has 0 aromatic heterocycles. The van der Waals surface area contributed by atoms with Crippen LogP contribution in [-0.2, 0) is 27.5 Å². The molecule has 0 aliphatic heterocycles. The molecular weight excluding hydrogens is 470 g/mol. The minimum absolute atomic E-state index is 0.0376. The molecule has 0 bridgehead atoms. The van der Waals surface area contributed by atoms with Crippen LogP contribution in [0.3, 0.4) is 0 Å². The van der Waals surface area contributed by atoms with Crippen molar-refractivity contribution in [1.29, 1.82) is 0 Å². The molecular formula is C30H43NO6. The fourth-order valence-corrected chi connectivity index (χ4v) is 3.72. The van der Waals surface area contributed by atoms with Gasteiger partial charge in [0.2, 0.25) is 0 Å². The van der Waals surface area contributed by atoms with Gasteiger partial charge in [0.1, 0.15) is 23.7 Å². The maximum Gasteiger partial charge on any atom is 0.188 e. The monoisotopic (exact) mass is 513 g/mol. The summed E-state index contributed by atoms with van der Waals surface area (Å²) in [7, 11) is 3.22. The number of aliphatic hydroxyl groups excluding tert-OH is 1. The molecule has 7 nitrogen and oxygen atoms in total. The van der Waals surface area contributed by atoms with E-state index in [1.54, 1.807) is 20.4 Å². The van der Waals surface area contributed by atoms with E-state index in [1.807, 2.05) is 48.5 Å². The lowest BCUT2D eigenvalue weighted by atomic mass is 10.1. The van der Waals surface area contributed by atoms with E-state index < -0.39 is 12.2 Å². The van der Waals surface area contributed by atoms with Gasteiger partial charge >= 0.3 is 0 Å². The number of benzene rings is 2. The first-order chi connectivity index (χ1) is 18.1. The van der Waals surface area contributed by atoms with E-state index in [0.29, 0.717) is 6.61 Å². The molecule has 204 valence electrons. The predicted molar refractivity (Wildman–Crippen MR) is 146 cm³/mol. The molecule has 0 saturated carbocycles. The quantitative estimate of drug-likeness (QED) is 0.186. The highest BCUT2D eigenvalue weighted by atomic mass is 16.5. The van der Waals surface area contributed by atoms with Gasteiger partial charge in [-0.15, -0.1) is 0 Å². The van der Waals surface area contributed by atoms with Crippen LogP contribution in [0.5, 0.6) is 11.5 Å². The van der Waals surface area contributed by atoms with Crippen LogP contribution in [0.1, 0.15) is 56.6 Å². The Morgan fingerprint density at radius 2 is 1.43 bits per heavy atom. The molecule has 0 aliphatic carbocycles. The minimum Gasteiger partial charge on any atom is -0.497 e. The molecule has 0 unspecified atom stereocenters. The third-order valence-electron chi connectivity index (χ3n) is 5.98. The fraction of sp³-hybridized carbons (Fsp3) is 0.500. The Morgan fingerprint density at radius 3 is 2.03 bits per heavy atom. The topological polar surface area (TPSA) is 86.3 Å². The largest absolute Gasteiger partial charge is 0.497 e. The van der Waals surface area contributed by atoms with E-state index in [2.05, 4.69) is 12.2 Å². The van der Waals surface area contributed by atoms with E-state index >= 15 is 0 Å². The summed E-state index contributed by atoms with van der Waals surface area (Å²) < 4.78 is 21.9. The average Bonchev–Trinajstić information content (AvgIpc) is 2.93. The molecule has 0 amide bonds. The standard InChI is InChI=1S/C30H43NO6/c1-4-5-6-7-8-9-19-31-20-18-28(32)30(37-22-25-12-16-27(35-3)17-13-25)29(33)23-36-21-24-10-14-26(34-2)15-11-24/h10-18,20,29-31,33H,4-9,19,21-23H2,1-3H3/b20-18+/t29-,30+/m1/s1. The molecule has 2 rings (SSSR count). The summed E-state index contributed by atoms with van der Waals surface area (Å²) in [4.78, 5) is 12.9. The number of hydrogen-bond acceptors (Lipinski definition) is 7. The lowest BCUT2D eigenvalue weighted by molar-refractivity contribution is -0.139. The van der Waals surface area contributed by atoms with Gasteiger partial charge in [0.15, 0.2) is 5.78 Å². The summed E-state index contributed by atoms with van der Waals surface area (Å²) >= 11 is 0. The van der Waals surface area contributed by atoms with Crippen LogP contribution in [0.2, 0.25) is 0 Å². The third-order valence-corrected chi connectivity index (χ3v) is 5.98. The maximum atomic E-state index is 12.9. The summed E-state index contributed by atoms with van der Waals surface area (Å²) in [5.41, 5.74) is 1.81. The van der Waals surface area contributed by atoms with Crippen LogP contribution in [0, 0.1) is 0 Å². The van der Waals surface area contributed by atoms with E-state index in [-0.39, 0.29) is 19.0 Å². The number of nitrogens with one attached hydrogen (secondary N) is 1. The van der Waals surface area contributed by atoms with E-state index in [4.69, 9.17) is 18.9 Å². The second kappa shape index (κ2) is 18.4. The Balaban J connectivity index is 1.87. The van der Waals surface area contributed by atoms with Crippen LogP contribution in [-0.4, -0.2) is 50.5 Å². The normalized spacial score (nSPS) is 12.9. The molecule has 0 spiro atoms. The predicted octanol–water partition coefficient (Wildman–Crippen LogP) is 5.20. The number of carbonyl (C=O) groups is 1. The molecule has 2 N–H and O–H groups in total. The van der Waals surface area contributed by atoms with Crippen LogP contribution in [0.15, 0.2) is 60.8 Å². The van der Waals surface area contributed by atoms with Gasteiger partial charge in [-0.25, -0.2) is 0 Å². The Morgan fingerprint density at radius 1 is 0.865 bits per heavy atom. The number of ketones is 1. The van der Waals surface area contributed by atoms with Gasteiger partial charge in [0, 0.05) is 12.7 Å². The number of unbranched alkanes of at least 4 members (excludes halogenated alkanes) is 5. The summed E-state index contributed by atoms with van der Waals surface area (Å²) in [5.74, 6) is 1.19. The fourth-order valence-electron chi connectivity index (χ4n) is 3.72. The molecule has 0 fully saturated rings. The van der Waals surface area contributed by atoms with Gasteiger partial charge < -0.3 is 29.4 Å². The third kappa shape index (κ3) is 12.3. The number of methoxy groups -OCH3 is 2. The molecule has 0 saturated heterocycles. The highest BCUT2D eigenvalue weighted by Crippen LogP contribution is 2.15. The highest BCUT2D eigenvalue weighted by Gasteiger charge is 2.26. The number of rotatable bonds is 20. The molecule has 2 aromatic rings. The molecule has 0 aliphatic rings. The lowest BCUT2D eigenvalue weighted by Crippen LogP contribution is -2.39. The van der Waals surface area contributed by atoms with Crippen molar-refractivity contribution in [2.45, 2.75) is 70.9 Å². The number of ether oxygens (including phenoxy) is 4. The van der Waals surface area contributed by atoms with Gasteiger partial charge in [-0.3, -0.25) is 4.79 Å². The molecule has 0 heterocycles. The number of carbonyl (C=O) groups excluding carboxylic acids is 1. The summed E-state index contributed by atoms with van der Waals surface area (Å²) in [6.07, 6.45) is 8.17. The van der Waals surface area contributed by atoms with Crippen molar-refractivity contribution in [3.05, 3.63) is 71.9 Å². The molecule has 0 radical (unpaired) electrons. The Bertz CT molecular complexity index is 897. The molecule has 2 atom stereocenters. The lowest BCUT2D eigenvalue weighted by Gasteiger charge is -2.21. The van der Waals surface area contributed by atoms with Crippen molar-refractivity contribution in [2.24, 2.45) is 0 Å². The second-order valence-corrected chi connectivity index (χ2v) is 8.97. The van der Waals surface area contributed by atoms with Crippen LogP contribution < -0.4 is 14.8 Å². The van der Waals surface area contributed by atoms with Gasteiger partial charge in [-0.1, -0.05) is 63.3 Å². The smallest absolute Gasteiger partial charge is 0.188 e. The van der Waals surface area contributed by atoms with Crippen LogP contribution >= 0.6 is 0 Å². The van der Waals surface area contributed by atoms with Crippen molar-refractivity contribution in [2.75, 3.05) is 27.4 Å². The second-order valence-electron chi connectivity index (χ2n) is 8.97. The van der Waals surface area contributed by atoms with Gasteiger partial charge in [-0.05, 0) is 47.9 Å². The maximum absolute atomic E-state index is 12.9. The summed E-state index contributed by atoms with van der Waals surface area (Å²) in [6, 6.07) is 14.9. The van der Waals surface area contributed by atoms with E-state index in [1.165, 1.54) is 38.2 Å². The van der Waals surface area contributed by atoms with Crippen molar-refractivity contribution >= 4 is 5.78 Å². The Hall–Kier alpha value is -2.87. The molecule has 2 aromatic carbocycles. The zero-order valence-corrected chi connectivity index (χ0v) is 22.5. The average molecular weight is 514 g/mol. The SMILES string of the molecule is CCCCCCCCN/C=C/C(=O)[C@H](OCc1ccc(OC)cc1)[C@H](O)COCc1ccc(OC)cc1. The minimum atomic E-state index is -1.12. The molecule has 7 heteroatoms. The summed E-state index contributed by atoms with van der Waals surface area (Å²) in [5, 5.41) is 13.9. The first kappa shape index (κ1) is 30.4. The van der Waals surface area contributed by atoms with Crippen molar-refractivity contribution < 1.29 is 28.8 Å². The van der Waals surface area contributed by atoms with Gasteiger partial charge in [0.05, 0.1) is 34.0 Å². The van der Waals surface area contributed by atoms with Gasteiger partial charge in [-0.2, -0.15) is 0 Å². The first-order valence-electron chi connectivity index (χ1n) is 13.1. The first-order valence-corrected chi connectivity index (χ1v) is 13.1. The van der Waals surface area contributed by atoms with E-state index in [9.17, 15) is 9.90 Å². The van der Waals surface area contributed by atoms with Crippen molar-refractivity contribution in [3.63, 3.8) is 0 Å². The van der Waals surface area contributed by atoms with Crippen molar-refractivity contribution in [1.82, 2.24) is 5.32 Å². The summed E-state index contributed by atoms with van der Waals surface area (Å²) in [6.45, 7) is 3.46. The zero-order valence-electron chi connectivity index (χ0n) is 22.5. The zero-order chi connectivity index (χ0) is 26.7. The van der Waals surface area contributed by atoms with Crippen LogP contribution in [0.25, 0.3) is 0 Å². The Labute approximate surface area is 221 Å². The molecule has 37 heavy (non-hydrogen) atoms. The number of aliphatic hydroxyl groups is 1.